The smallest absolute Gasteiger partial charge is 0.0854 e. The summed E-state index contributed by atoms with van der Waals surface area (Å²) in [5.41, 5.74) is 1.72. The van der Waals surface area contributed by atoms with E-state index in [2.05, 4.69) is 15.3 Å². The first-order valence-electron chi connectivity index (χ1n) is 5.73. The number of hydrogen-bond acceptors (Lipinski definition) is 4. The lowest BCUT2D eigenvalue weighted by Gasteiger charge is -2.04. The van der Waals surface area contributed by atoms with E-state index < -0.39 is 0 Å². The van der Waals surface area contributed by atoms with Gasteiger partial charge in [-0.3, -0.25) is 4.98 Å². The average molecular weight is 240 g/mol. The van der Waals surface area contributed by atoms with Crippen molar-refractivity contribution >= 4 is 10.8 Å². The average Bonchev–Trinajstić information content (AvgIpc) is 2.87. The zero-order valence-corrected chi connectivity index (χ0v) is 9.69. The van der Waals surface area contributed by atoms with Crippen molar-refractivity contribution in [2.45, 2.75) is 6.42 Å². The van der Waals surface area contributed by atoms with Crippen LogP contribution in [0, 0.1) is 0 Å². The summed E-state index contributed by atoms with van der Waals surface area (Å²) in [5, 5.41) is 19.1. The van der Waals surface area contributed by atoms with E-state index in [1.807, 2.05) is 36.7 Å². The van der Waals surface area contributed by atoms with Crippen LogP contribution in [0.4, 0.5) is 0 Å². The molecule has 2 heterocycles. The zero-order valence-electron chi connectivity index (χ0n) is 9.69. The zero-order chi connectivity index (χ0) is 12.4. The van der Waals surface area contributed by atoms with E-state index >= 15 is 0 Å². The molecule has 3 rings (SSSR count). The number of pyridine rings is 1. The standard InChI is InChI=1S/C13H12N4O/c18-7-5-11-9-17(16-15-11)13-3-1-2-10-4-6-14-8-12(10)13/h1-4,6,8-9,18H,5,7H2. The molecule has 0 bridgehead atoms. The Kier molecular flexibility index (Phi) is 2.74. The third-order valence-corrected chi connectivity index (χ3v) is 2.82. The minimum atomic E-state index is 0.0792. The highest BCUT2D eigenvalue weighted by molar-refractivity contribution is 5.89. The summed E-state index contributed by atoms with van der Waals surface area (Å²) in [5.74, 6) is 0. The maximum absolute atomic E-state index is 8.88. The van der Waals surface area contributed by atoms with Gasteiger partial charge in [0.05, 0.1) is 17.6 Å². The summed E-state index contributed by atoms with van der Waals surface area (Å²) in [4.78, 5) is 4.14. The minimum absolute atomic E-state index is 0.0792. The SMILES string of the molecule is OCCc1cn(-c2cccc3ccncc23)nn1. The number of nitrogens with zero attached hydrogens (tertiary/aromatic N) is 4. The molecule has 0 radical (unpaired) electrons. The van der Waals surface area contributed by atoms with Crippen LogP contribution in [0.25, 0.3) is 16.5 Å². The highest BCUT2D eigenvalue weighted by Crippen LogP contribution is 2.20. The predicted octanol–water partition coefficient (Wildman–Crippen LogP) is 1.35. The molecule has 0 unspecified atom stereocenters. The molecule has 0 saturated carbocycles. The van der Waals surface area contributed by atoms with Crippen LogP contribution in [0.1, 0.15) is 5.69 Å². The Bertz CT molecular complexity index is 672. The van der Waals surface area contributed by atoms with E-state index in [1.165, 1.54) is 0 Å². The van der Waals surface area contributed by atoms with Crippen molar-refractivity contribution in [1.82, 2.24) is 20.0 Å². The molecule has 0 spiro atoms. The van der Waals surface area contributed by atoms with Crippen LogP contribution < -0.4 is 0 Å². The Morgan fingerprint density at radius 1 is 1.22 bits per heavy atom. The van der Waals surface area contributed by atoms with Crippen molar-refractivity contribution in [3.05, 3.63) is 48.5 Å². The molecule has 0 aliphatic carbocycles. The van der Waals surface area contributed by atoms with Gasteiger partial charge in [-0.2, -0.15) is 0 Å². The Morgan fingerprint density at radius 2 is 2.17 bits per heavy atom. The van der Waals surface area contributed by atoms with E-state index in [-0.39, 0.29) is 6.61 Å². The van der Waals surface area contributed by atoms with Crippen LogP contribution in [-0.2, 0) is 6.42 Å². The fraction of sp³-hybridized carbons (Fsp3) is 0.154. The molecule has 0 aliphatic heterocycles. The Labute approximate surface area is 104 Å². The maximum atomic E-state index is 8.88. The first kappa shape index (κ1) is 10.9. The lowest BCUT2D eigenvalue weighted by molar-refractivity contribution is 0.298. The van der Waals surface area contributed by atoms with Gasteiger partial charge < -0.3 is 5.11 Å². The molecule has 0 fully saturated rings. The Hall–Kier alpha value is -2.27. The van der Waals surface area contributed by atoms with E-state index in [1.54, 1.807) is 10.9 Å². The van der Waals surface area contributed by atoms with Crippen molar-refractivity contribution in [1.29, 1.82) is 0 Å². The second kappa shape index (κ2) is 4.54. The van der Waals surface area contributed by atoms with Crippen molar-refractivity contribution in [3.63, 3.8) is 0 Å². The quantitative estimate of drug-likeness (QED) is 0.750. The van der Waals surface area contributed by atoms with Crippen molar-refractivity contribution < 1.29 is 5.11 Å². The molecule has 0 atom stereocenters. The van der Waals surface area contributed by atoms with Crippen molar-refractivity contribution in [2.75, 3.05) is 6.61 Å². The van der Waals surface area contributed by atoms with Gasteiger partial charge in [-0.1, -0.05) is 17.3 Å². The molecule has 0 aliphatic rings. The highest BCUT2D eigenvalue weighted by atomic mass is 16.3. The summed E-state index contributed by atoms with van der Waals surface area (Å²) in [7, 11) is 0. The van der Waals surface area contributed by atoms with Gasteiger partial charge in [0.15, 0.2) is 0 Å². The molecule has 1 N–H and O–H groups in total. The molecule has 2 aromatic heterocycles. The number of hydrogen-bond donors (Lipinski definition) is 1. The number of rotatable bonds is 3. The fourth-order valence-corrected chi connectivity index (χ4v) is 1.94. The molecule has 3 aromatic rings. The topological polar surface area (TPSA) is 63.8 Å². The molecule has 0 saturated heterocycles. The third-order valence-electron chi connectivity index (χ3n) is 2.82. The summed E-state index contributed by atoms with van der Waals surface area (Å²) in [6.07, 6.45) is 5.93. The van der Waals surface area contributed by atoms with Crippen LogP contribution in [0.3, 0.4) is 0 Å². The van der Waals surface area contributed by atoms with E-state index in [9.17, 15) is 0 Å². The second-order valence-electron chi connectivity index (χ2n) is 4.00. The van der Waals surface area contributed by atoms with Crippen LogP contribution in [-0.4, -0.2) is 31.7 Å². The van der Waals surface area contributed by atoms with E-state index in [4.69, 9.17) is 5.11 Å². The van der Waals surface area contributed by atoms with Gasteiger partial charge >= 0.3 is 0 Å². The van der Waals surface area contributed by atoms with Crippen LogP contribution in [0.2, 0.25) is 0 Å². The van der Waals surface area contributed by atoms with Crippen LogP contribution in [0.15, 0.2) is 42.9 Å². The monoisotopic (exact) mass is 240 g/mol. The second-order valence-corrected chi connectivity index (χ2v) is 4.00. The molecule has 1 aromatic carbocycles. The van der Waals surface area contributed by atoms with Crippen molar-refractivity contribution in [3.8, 4) is 5.69 Å². The van der Waals surface area contributed by atoms with Gasteiger partial charge in [-0.15, -0.1) is 5.10 Å². The largest absolute Gasteiger partial charge is 0.396 e. The molecule has 5 heteroatoms. The van der Waals surface area contributed by atoms with Gasteiger partial charge in [0, 0.05) is 30.8 Å². The lowest BCUT2D eigenvalue weighted by atomic mass is 10.1. The first-order valence-corrected chi connectivity index (χ1v) is 5.73. The molecule has 5 nitrogen and oxygen atoms in total. The van der Waals surface area contributed by atoms with E-state index in [0.717, 1.165) is 22.2 Å². The molecular formula is C13H12N4O. The number of aromatic nitrogens is 4. The lowest BCUT2D eigenvalue weighted by Crippen LogP contribution is -1.96. The number of benzene rings is 1. The summed E-state index contributed by atoms with van der Waals surface area (Å²) >= 11 is 0. The van der Waals surface area contributed by atoms with Crippen molar-refractivity contribution in [2.24, 2.45) is 0 Å². The number of aliphatic hydroxyl groups excluding tert-OH is 1. The first-order chi connectivity index (χ1) is 8.88. The third kappa shape index (κ3) is 1.84. The predicted molar refractivity (Wildman–Crippen MR) is 67.4 cm³/mol. The number of fused-ring (bicyclic) bond motifs is 1. The van der Waals surface area contributed by atoms with Gasteiger partial charge in [0.1, 0.15) is 0 Å². The summed E-state index contributed by atoms with van der Waals surface area (Å²) in [6, 6.07) is 7.95. The van der Waals surface area contributed by atoms with Gasteiger partial charge in [-0.05, 0) is 17.5 Å². The van der Waals surface area contributed by atoms with Gasteiger partial charge in [-0.25, -0.2) is 4.68 Å². The van der Waals surface area contributed by atoms with Gasteiger partial charge in [0.25, 0.3) is 0 Å². The maximum Gasteiger partial charge on any atom is 0.0854 e. The fourth-order valence-electron chi connectivity index (χ4n) is 1.94. The van der Waals surface area contributed by atoms with Crippen LogP contribution in [0.5, 0.6) is 0 Å². The molecule has 90 valence electrons. The van der Waals surface area contributed by atoms with Gasteiger partial charge in [0.2, 0.25) is 0 Å². The summed E-state index contributed by atoms with van der Waals surface area (Å²) in [6.45, 7) is 0.0792. The highest BCUT2D eigenvalue weighted by Gasteiger charge is 2.06. The number of aliphatic hydroxyl groups is 1. The summed E-state index contributed by atoms with van der Waals surface area (Å²) < 4.78 is 1.72. The molecule has 18 heavy (non-hydrogen) atoms. The normalized spacial score (nSPS) is 10.9. The minimum Gasteiger partial charge on any atom is -0.396 e. The Balaban J connectivity index is 2.12. The molecular weight excluding hydrogens is 228 g/mol. The molecule has 0 amide bonds. The Morgan fingerprint density at radius 3 is 3.06 bits per heavy atom. The van der Waals surface area contributed by atoms with Crippen LogP contribution >= 0.6 is 0 Å². The van der Waals surface area contributed by atoms with E-state index in [0.29, 0.717) is 6.42 Å².